The minimum atomic E-state index is -0.833. The average Bonchev–Trinajstić information content (AvgIpc) is 2.83. The fourth-order valence-corrected chi connectivity index (χ4v) is 1.76. The number of carbonyl (C=O) groups excluding carboxylic acids is 1. The highest BCUT2D eigenvalue weighted by atomic mass is 16.6. The zero-order valence-corrected chi connectivity index (χ0v) is 11.5. The van der Waals surface area contributed by atoms with Gasteiger partial charge >= 0.3 is 6.09 Å². The van der Waals surface area contributed by atoms with Crippen LogP contribution in [0.4, 0.5) is 4.79 Å². The Bertz CT molecular complexity index is 432. The highest BCUT2D eigenvalue weighted by Gasteiger charge is 2.24. The molecule has 1 aromatic rings. The maximum atomic E-state index is 11.6. The van der Waals surface area contributed by atoms with Gasteiger partial charge in [0.05, 0.1) is 0 Å². The molecule has 2 rings (SSSR count). The molecule has 1 saturated heterocycles. The smallest absolute Gasteiger partial charge is 0.410 e. The first-order chi connectivity index (χ1) is 9.49. The molecule has 0 saturated carbocycles. The summed E-state index contributed by atoms with van der Waals surface area (Å²) in [5, 5.41) is 7.42. The van der Waals surface area contributed by atoms with Gasteiger partial charge in [-0.2, -0.15) is 0 Å². The van der Waals surface area contributed by atoms with Gasteiger partial charge in [0.2, 0.25) is 0 Å². The van der Waals surface area contributed by atoms with Gasteiger partial charge in [0.1, 0.15) is 6.61 Å². The number of amides is 1. The van der Waals surface area contributed by atoms with E-state index in [0.29, 0.717) is 19.7 Å². The third-order valence-corrected chi connectivity index (χ3v) is 2.69. The van der Waals surface area contributed by atoms with E-state index in [1.54, 1.807) is 4.90 Å². The van der Waals surface area contributed by atoms with Crippen molar-refractivity contribution in [3.8, 4) is 0 Å². The van der Waals surface area contributed by atoms with Crippen LogP contribution >= 0.6 is 0 Å². The van der Waals surface area contributed by atoms with E-state index in [-0.39, 0.29) is 12.1 Å². The van der Waals surface area contributed by atoms with Crippen LogP contribution in [0.2, 0.25) is 0 Å². The number of hydrogen-bond acceptors (Lipinski definition) is 4. The van der Waals surface area contributed by atoms with E-state index in [1.807, 2.05) is 30.3 Å². The molecule has 6 nitrogen and oxygen atoms in total. The van der Waals surface area contributed by atoms with E-state index in [2.05, 4.69) is 0 Å². The molecule has 1 aromatic carbocycles. The minimum absolute atomic E-state index is 0.101. The van der Waals surface area contributed by atoms with Crippen molar-refractivity contribution in [2.45, 2.75) is 26.0 Å². The van der Waals surface area contributed by atoms with Crippen molar-refractivity contribution >= 4 is 12.1 Å². The number of aliphatic carboxylic acids is 1. The Morgan fingerprint density at radius 3 is 2.50 bits per heavy atom. The van der Waals surface area contributed by atoms with E-state index in [0.717, 1.165) is 18.9 Å². The first-order valence-corrected chi connectivity index (χ1v) is 6.39. The van der Waals surface area contributed by atoms with Gasteiger partial charge in [-0.15, -0.1) is 0 Å². The molecule has 0 aliphatic carbocycles. The number of rotatable bonds is 2. The van der Waals surface area contributed by atoms with Crippen LogP contribution in [-0.4, -0.2) is 41.2 Å². The van der Waals surface area contributed by atoms with Crippen LogP contribution < -0.4 is 5.73 Å². The number of carboxylic acids is 1. The predicted octanol–water partition coefficient (Wildman–Crippen LogP) is 1.45. The molecule has 1 heterocycles. The second-order valence-corrected chi connectivity index (χ2v) is 4.55. The fraction of sp³-hybridized carbons (Fsp3) is 0.429. The lowest BCUT2D eigenvalue weighted by Crippen LogP contribution is -2.32. The van der Waals surface area contributed by atoms with Crippen molar-refractivity contribution in [3.05, 3.63) is 35.9 Å². The summed E-state index contributed by atoms with van der Waals surface area (Å²) >= 11 is 0. The van der Waals surface area contributed by atoms with Crippen molar-refractivity contribution in [1.82, 2.24) is 4.90 Å². The molecule has 0 spiro atoms. The summed E-state index contributed by atoms with van der Waals surface area (Å²) in [7, 11) is 0. The summed E-state index contributed by atoms with van der Waals surface area (Å²) < 4.78 is 5.19. The SMILES string of the molecule is CC(=O)O.N[C@@H]1CCN(C(=O)OCc2ccccc2)C1. The van der Waals surface area contributed by atoms with Crippen LogP contribution in [-0.2, 0) is 16.1 Å². The fourth-order valence-electron chi connectivity index (χ4n) is 1.76. The molecule has 0 bridgehead atoms. The van der Waals surface area contributed by atoms with Crippen LogP contribution in [0.15, 0.2) is 30.3 Å². The molecule has 1 aliphatic rings. The van der Waals surface area contributed by atoms with Crippen molar-refractivity contribution in [1.29, 1.82) is 0 Å². The highest BCUT2D eigenvalue weighted by Crippen LogP contribution is 2.10. The van der Waals surface area contributed by atoms with Gasteiger partial charge in [-0.25, -0.2) is 4.79 Å². The molecule has 3 N–H and O–H groups in total. The number of likely N-dealkylation sites (tertiary alicyclic amines) is 1. The minimum Gasteiger partial charge on any atom is -0.481 e. The molecular weight excluding hydrogens is 260 g/mol. The van der Waals surface area contributed by atoms with Crippen LogP contribution in [0.25, 0.3) is 0 Å². The van der Waals surface area contributed by atoms with Gasteiger partial charge in [-0.3, -0.25) is 4.79 Å². The number of hydrogen-bond donors (Lipinski definition) is 2. The highest BCUT2D eigenvalue weighted by molar-refractivity contribution is 5.68. The zero-order chi connectivity index (χ0) is 15.0. The van der Waals surface area contributed by atoms with Crippen molar-refractivity contribution in [2.75, 3.05) is 13.1 Å². The van der Waals surface area contributed by atoms with E-state index in [9.17, 15) is 4.79 Å². The molecule has 0 aromatic heterocycles. The van der Waals surface area contributed by atoms with Crippen molar-refractivity contribution < 1.29 is 19.4 Å². The Labute approximate surface area is 118 Å². The number of carboxylic acid groups (broad SMARTS) is 1. The molecule has 1 amide bonds. The van der Waals surface area contributed by atoms with Gasteiger partial charge < -0.3 is 20.5 Å². The lowest BCUT2D eigenvalue weighted by Gasteiger charge is -2.15. The predicted molar refractivity (Wildman–Crippen MR) is 74.1 cm³/mol. The first-order valence-electron chi connectivity index (χ1n) is 6.39. The largest absolute Gasteiger partial charge is 0.481 e. The first kappa shape index (κ1) is 16.0. The number of nitrogens with two attached hydrogens (primary N) is 1. The lowest BCUT2D eigenvalue weighted by atomic mass is 10.2. The third-order valence-electron chi connectivity index (χ3n) is 2.69. The van der Waals surface area contributed by atoms with Gasteiger partial charge in [0.25, 0.3) is 5.97 Å². The molecule has 0 unspecified atom stereocenters. The Kier molecular flexibility index (Phi) is 6.52. The Morgan fingerprint density at radius 1 is 1.40 bits per heavy atom. The molecule has 0 radical (unpaired) electrons. The van der Waals surface area contributed by atoms with Crippen LogP contribution in [0.1, 0.15) is 18.9 Å². The Morgan fingerprint density at radius 2 is 2.00 bits per heavy atom. The molecule has 1 fully saturated rings. The Hall–Kier alpha value is -2.08. The second kappa shape index (κ2) is 8.16. The van der Waals surface area contributed by atoms with Crippen LogP contribution in [0.3, 0.4) is 0 Å². The normalized spacial score (nSPS) is 17.1. The quantitative estimate of drug-likeness (QED) is 0.855. The standard InChI is InChI=1S/C12H16N2O2.C2H4O2/c13-11-6-7-14(8-11)12(15)16-9-10-4-2-1-3-5-10;1-2(3)4/h1-5,11H,6-9,13H2;1H3,(H,3,4)/t11-;/m1./s1. The van der Waals surface area contributed by atoms with E-state index < -0.39 is 5.97 Å². The second-order valence-electron chi connectivity index (χ2n) is 4.55. The van der Waals surface area contributed by atoms with E-state index >= 15 is 0 Å². The summed E-state index contributed by atoms with van der Waals surface area (Å²) in [5.74, 6) is -0.833. The number of ether oxygens (including phenoxy) is 1. The maximum absolute atomic E-state index is 11.6. The van der Waals surface area contributed by atoms with Crippen LogP contribution in [0, 0.1) is 0 Å². The molecule has 6 heteroatoms. The van der Waals surface area contributed by atoms with Gasteiger partial charge in [-0.1, -0.05) is 30.3 Å². The van der Waals surface area contributed by atoms with Crippen molar-refractivity contribution in [2.24, 2.45) is 5.73 Å². The lowest BCUT2D eigenvalue weighted by molar-refractivity contribution is -0.134. The number of benzene rings is 1. The molecule has 20 heavy (non-hydrogen) atoms. The zero-order valence-electron chi connectivity index (χ0n) is 11.5. The van der Waals surface area contributed by atoms with Crippen molar-refractivity contribution in [3.63, 3.8) is 0 Å². The monoisotopic (exact) mass is 280 g/mol. The topological polar surface area (TPSA) is 92.9 Å². The van der Waals surface area contributed by atoms with E-state index in [1.165, 1.54) is 0 Å². The molecule has 1 aliphatic heterocycles. The molecule has 110 valence electrons. The van der Waals surface area contributed by atoms with Gasteiger partial charge in [-0.05, 0) is 12.0 Å². The van der Waals surface area contributed by atoms with E-state index in [4.69, 9.17) is 20.4 Å². The summed E-state index contributed by atoms with van der Waals surface area (Å²) in [5.41, 5.74) is 6.72. The number of nitrogens with zero attached hydrogens (tertiary/aromatic N) is 1. The summed E-state index contributed by atoms with van der Waals surface area (Å²) in [6, 6.07) is 9.75. The van der Waals surface area contributed by atoms with Crippen LogP contribution in [0.5, 0.6) is 0 Å². The molecule has 1 atom stereocenters. The average molecular weight is 280 g/mol. The maximum Gasteiger partial charge on any atom is 0.410 e. The Balaban J connectivity index is 0.000000444. The van der Waals surface area contributed by atoms with Gasteiger partial charge in [0, 0.05) is 26.1 Å². The summed E-state index contributed by atoms with van der Waals surface area (Å²) in [4.78, 5) is 22.3. The summed E-state index contributed by atoms with van der Waals surface area (Å²) in [6.45, 7) is 2.72. The molecular formula is C14H20N2O4. The third kappa shape index (κ3) is 6.19. The summed E-state index contributed by atoms with van der Waals surface area (Å²) in [6.07, 6.45) is 0.595. The van der Waals surface area contributed by atoms with Gasteiger partial charge in [0.15, 0.2) is 0 Å². The number of carbonyl (C=O) groups is 2.